The Bertz CT molecular complexity index is 488. The first-order chi connectivity index (χ1) is 9.72. The van der Waals surface area contributed by atoms with E-state index in [2.05, 4.69) is 9.97 Å². The standard InChI is InChI=1S/C13H16ClN3O3/c14-11-4-15-5-12(16-11)20-8-9-6-17(7-9)13(18)10-2-1-3-19-10/h4-5,9-10H,1-3,6-8H2. The van der Waals surface area contributed by atoms with Gasteiger partial charge in [0.25, 0.3) is 5.91 Å². The molecule has 2 aliphatic rings. The Balaban J connectivity index is 1.41. The lowest BCUT2D eigenvalue weighted by molar-refractivity contribution is -0.148. The number of nitrogens with zero attached hydrogens (tertiary/aromatic N) is 3. The van der Waals surface area contributed by atoms with Crippen molar-refractivity contribution in [2.45, 2.75) is 18.9 Å². The molecule has 108 valence electrons. The van der Waals surface area contributed by atoms with Crippen LogP contribution >= 0.6 is 11.6 Å². The number of likely N-dealkylation sites (tertiary alicyclic amines) is 1. The van der Waals surface area contributed by atoms with Gasteiger partial charge in [0.15, 0.2) is 5.15 Å². The highest BCUT2D eigenvalue weighted by molar-refractivity contribution is 6.29. The van der Waals surface area contributed by atoms with Crippen molar-refractivity contribution in [3.63, 3.8) is 0 Å². The number of hydrogen-bond acceptors (Lipinski definition) is 5. The Morgan fingerprint density at radius 2 is 2.35 bits per heavy atom. The lowest BCUT2D eigenvalue weighted by Gasteiger charge is -2.40. The van der Waals surface area contributed by atoms with Crippen molar-refractivity contribution in [3.05, 3.63) is 17.5 Å². The van der Waals surface area contributed by atoms with Crippen LogP contribution in [0.3, 0.4) is 0 Å². The molecule has 0 aliphatic carbocycles. The van der Waals surface area contributed by atoms with Crippen molar-refractivity contribution >= 4 is 17.5 Å². The molecule has 1 aromatic rings. The van der Waals surface area contributed by atoms with Gasteiger partial charge in [0, 0.05) is 25.6 Å². The van der Waals surface area contributed by atoms with E-state index in [-0.39, 0.29) is 12.0 Å². The molecule has 3 rings (SSSR count). The number of ether oxygens (including phenoxy) is 2. The van der Waals surface area contributed by atoms with Gasteiger partial charge in [-0.3, -0.25) is 9.78 Å². The van der Waals surface area contributed by atoms with Crippen LogP contribution in [-0.2, 0) is 9.53 Å². The largest absolute Gasteiger partial charge is 0.476 e. The summed E-state index contributed by atoms with van der Waals surface area (Å²) in [6, 6.07) is 0. The quantitative estimate of drug-likeness (QED) is 0.834. The molecule has 1 unspecified atom stereocenters. The van der Waals surface area contributed by atoms with Crippen LogP contribution < -0.4 is 4.74 Å². The molecule has 2 saturated heterocycles. The smallest absolute Gasteiger partial charge is 0.251 e. The van der Waals surface area contributed by atoms with Crippen LogP contribution in [0.5, 0.6) is 5.88 Å². The van der Waals surface area contributed by atoms with E-state index in [1.54, 1.807) is 0 Å². The normalized spacial score (nSPS) is 22.6. The maximum absolute atomic E-state index is 12.0. The van der Waals surface area contributed by atoms with Crippen LogP contribution in [0.1, 0.15) is 12.8 Å². The van der Waals surface area contributed by atoms with E-state index in [9.17, 15) is 4.79 Å². The van der Waals surface area contributed by atoms with Crippen molar-refractivity contribution < 1.29 is 14.3 Å². The van der Waals surface area contributed by atoms with E-state index in [1.807, 2.05) is 4.90 Å². The third-order valence-corrected chi connectivity index (χ3v) is 3.71. The number of amides is 1. The summed E-state index contributed by atoms with van der Waals surface area (Å²) in [6.07, 6.45) is 4.58. The molecule has 0 saturated carbocycles. The third-order valence-electron chi connectivity index (χ3n) is 3.52. The van der Waals surface area contributed by atoms with Gasteiger partial charge >= 0.3 is 0 Å². The van der Waals surface area contributed by atoms with Gasteiger partial charge in [-0.15, -0.1) is 0 Å². The van der Waals surface area contributed by atoms with E-state index in [4.69, 9.17) is 21.1 Å². The highest BCUT2D eigenvalue weighted by Gasteiger charge is 2.36. The Kier molecular flexibility index (Phi) is 4.03. The molecule has 3 heterocycles. The number of carbonyl (C=O) groups is 1. The Morgan fingerprint density at radius 1 is 1.50 bits per heavy atom. The van der Waals surface area contributed by atoms with Gasteiger partial charge in [0.05, 0.1) is 19.0 Å². The van der Waals surface area contributed by atoms with Gasteiger partial charge in [0.2, 0.25) is 5.88 Å². The minimum Gasteiger partial charge on any atom is -0.476 e. The van der Waals surface area contributed by atoms with Gasteiger partial charge < -0.3 is 14.4 Å². The maximum Gasteiger partial charge on any atom is 0.251 e. The fourth-order valence-corrected chi connectivity index (χ4v) is 2.57. The Labute approximate surface area is 122 Å². The summed E-state index contributed by atoms with van der Waals surface area (Å²) in [7, 11) is 0. The lowest BCUT2D eigenvalue weighted by atomic mass is 10.00. The number of aromatic nitrogens is 2. The molecule has 1 aromatic heterocycles. The summed E-state index contributed by atoms with van der Waals surface area (Å²) in [5.74, 6) is 0.865. The zero-order valence-corrected chi connectivity index (χ0v) is 11.8. The molecule has 1 amide bonds. The molecular weight excluding hydrogens is 282 g/mol. The molecule has 0 aromatic carbocycles. The maximum atomic E-state index is 12.0. The Morgan fingerprint density at radius 3 is 3.05 bits per heavy atom. The van der Waals surface area contributed by atoms with Gasteiger partial charge in [-0.2, -0.15) is 4.98 Å². The third kappa shape index (κ3) is 3.02. The Hall–Kier alpha value is -1.40. The first-order valence-electron chi connectivity index (χ1n) is 6.73. The summed E-state index contributed by atoms with van der Waals surface area (Å²) in [6.45, 7) is 2.65. The monoisotopic (exact) mass is 297 g/mol. The van der Waals surface area contributed by atoms with Crippen LogP contribution in [0.15, 0.2) is 12.4 Å². The van der Waals surface area contributed by atoms with E-state index < -0.39 is 0 Å². The van der Waals surface area contributed by atoms with Crippen LogP contribution in [0.4, 0.5) is 0 Å². The van der Waals surface area contributed by atoms with Gasteiger partial charge in [-0.25, -0.2) is 0 Å². The van der Waals surface area contributed by atoms with E-state index in [1.165, 1.54) is 12.4 Å². The lowest BCUT2D eigenvalue weighted by Crippen LogP contribution is -2.54. The summed E-state index contributed by atoms with van der Waals surface area (Å²) in [5.41, 5.74) is 0. The zero-order chi connectivity index (χ0) is 13.9. The average molecular weight is 298 g/mol. The number of hydrogen-bond donors (Lipinski definition) is 0. The van der Waals surface area contributed by atoms with E-state index >= 15 is 0 Å². The van der Waals surface area contributed by atoms with Crippen molar-refractivity contribution in [1.29, 1.82) is 0 Å². The molecule has 7 heteroatoms. The number of halogens is 1. The highest BCUT2D eigenvalue weighted by atomic mass is 35.5. The minimum absolute atomic E-state index is 0.112. The molecule has 6 nitrogen and oxygen atoms in total. The first-order valence-corrected chi connectivity index (χ1v) is 7.11. The molecule has 0 spiro atoms. The van der Waals surface area contributed by atoms with Gasteiger partial charge in [-0.05, 0) is 12.8 Å². The first kappa shape index (κ1) is 13.6. The summed E-state index contributed by atoms with van der Waals surface area (Å²) < 4.78 is 10.9. The fourth-order valence-electron chi connectivity index (χ4n) is 2.43. The second kappa shape index (κ2) is 5.93. The summed E-state index contributed by atoms with van der Waals surface area (Å²) in [4.78, 5) is 21.7. The van der Waals surface area contributed by atoms with Gasteiger partial charge in [0.1, 0.15) is 6.10 Å². The molecular formula is C13H16ClN3O3. The van der Waals surface area contributed by atoms with Crippen LogP contribution in [-0.4, -0.2) is 53.2 Å². The topological polar surface area (TPSA) is 64.5 Å². The highest BCUT2D eigenvalue weighted by Crippen LogP contribution is 2.22. The summed E-state index contributed by atoms with van der Waals surface area (Å²) in [5, 5.41) is 0.311. The molecule has 0 N–H and O–H groups in total. The molecule has 2 fully saturated rings. The van der Waals surface area contributed by atoms with Crippen LogP contribution in [0.25, 0.3) is 0 Å². The van der Waals surface area contributed by atoms with Crippen molar-refractivity contribution in [2.75, 3.05) is 26.3 Å². The van der Waals surface area contributed by atoms with Crippen LogP contribution in [0, 0.1) is 5.92 Å². The second-order valence-electron chi connectivity index (χ2n) is 5.10. The number of rotatable bonds is 4. The molecule has 0 bridgehead atoms. The van der Waals surface area contributed by atoms with Crippen LogP contribution in [0.2, 0.25) is 5.15 Å². The van der Waals surface area contributed by atoms with Crippen molar-refractivity contribution in [2.24, 2.45) is 5.92 Å². The van der Waals surface area contributed by atoms with E-state index in [0.717, 1.165) is 12.8 Å². The predicted molar refractivity (Wildman–Crippen MR) is 71.6 cm³/mol. The van der Waals surface area contributed by atoms with Gasteiger partial charge in [-0.1, -0.05) is 11.6 Å². The second-order valence-corrected chi connectivity index (χ2v) is 5.49. The SMILES string of the molecule is O=C(C1CCCO1)N1CC(COc2cncc(Cl)n2)C1. The predicted octanol–water partition coefficient (Wildman–Crippen LogP) is 1.15. The molecule has 1 atom stereocenters. The van der Waals surface area contributed by atoms with Crippen molar-refractivity contribution in [1.82, 2.24) is 14.9 Å². The number of carbonyl (C=O) groups excluding carboxylic acids is 1. The minimum atomic E-state index is -0.226. The average Bonchev–Trinajstić information content (AvgIpc) is 2.90. The molecule has 20 heavy (non-hydrogen) atoms. The molecule has 2 aliphatic heterocycles. The zero-order valence-electron chi connectivity index (χ0n) is 11.0. The summed E-state index contributed by atoms with van der Waals surface area (Å²) >= 11 is 5.73. The van der Waals surface area contributed by atoms with Crippen molar-refractivity contribution in [3.8, 4) is 5.88 Å². The van der Waals surface area contributed by atoms with E-state index in [0.29, 0.717) is 43.3 Å². The molecule has 0 radical (unpaired) electrons. The fraction of sp³-hybridized carbons (Fsp3) is 0.615.